The molecule has 0 heterocycles. The maximum absolute atomic E-state index is 11.5. The summed E-state index contributed by atoms with van der Waals surface area (Å²) >= 11 is 0. The lowest BCUT2D eigenvalue weighted by atomic mass is 10.2. The van der Waals surface area contributed by atoms with E-state index >= 15 is 0 Å². The lowest BCUT2D eigenvalue weighted by Gasteiger charge is -2.25. The van der Waals surface area contributed by atoms with Gasteiger partial charge in [-0.1, -0.05) is 6.92 Å². The van der Waals surface area contributed by atoms with Crippen LogP contribution in [0.4, 0.5) is 4.79 Å². The number of imide groups is 1. The minimum absolute atomic E-state index is 0.315. The zero-order valence-corrected chi connectivity index (χ0v) is 9.54. The summed E-state index contributed by atoms with van der Waals surface area (Å²) in [6.45, 7) is 5.54. The number of likely N-dealkylation sites (N-methyl/N-ethyl adjacent to an activating group) is 1. The van der Waals surface area contributed by atoms with E-state index in [1.165, 1.54) is 7.05 Å². The summed E-state index contributed by atoms with van der Waals surface area (Å²) < 4.78 is 0. The largest absolute Gasteiger partial charge is 0.341 e. The number of nitrogens with one attached hydrogen (secondary N) is 2. The third-order valence-corrected chi connectivity index (χ3v) is 2.21. The molecule has 0 fully saturated rings. The van der Waals surface area contributed by atoms with Crippen molar-refractivity contribution in [3.63, 3.8) is 0 Å². The first kappa shape index (κ1) is 13.9. The summed E-state index contributed by atoms with van der Waals surface area (Å²) in [5.41, 5.74) is 5.42. The molecule has 88 valence electrons. The van der Waals surface area contributed by atoms with Gasteiger partial charge in [0.15, 0.2) is 0 Å². The Bertz CT molecular complexity index is 220. The smallest absolute Gasteiger partial charge is 0.321 e. The lowest BCUT2D eigenvalue weighted by Crippen LogP contribution is -2.50. The zero-order valence-electron chi connectivity index (χ0n) is 9.54. The number of carbonyl (C=O) groups is 2. The van der Waals surface area contributed by atoms with Crippen LogP contribution < -0.4 is 16.4 Å². The molecule has 3 amide bonds. The molecule has 1 unspecified atom stereocenters. The van der Waals surface area contributed by atoms with Crippen LogP contribution in [0.25, 0.3) is 0 Å². The molecule has 0 aliphatic heterocycles. The Kier molecular flexibility index (Phi) is 6.64. The fraction of sp³-hybridized carbons (Fsp3) is 0.778. The van der Waals surface area contributed by atoms with Crippen LogP contribution in [-0.2, 0) is 4.79 Å². The van der Waals surface area contributed by atoms with E-state index in [2.05, 4.69) is 10.6 Å². The SMILES string of the molecule is CCN(CCN)C(C)C(=O)NC(=O)NC. The first-order valence-corrected chi connectivity index (χ1v) is 5.03. The van der Waals surface area contributed by atoms with E-state index in [-0.39, 0.29) is 11.9 Å². The molecule has 0 aromatic carbocycles. The maximum atomic E-state index is 11.5. The van der Waals surface area contributed by atoms with E-state index in [4.69, 9.17) is 5.73 Å². The molecule has 4 N–H and O–H groups in total. The minimum atomic E-state index is -0.490. The lowest BCUT2D eigenvalue weighted by molar-refractivity contribution is -0.124. The summed E-state index contributed by atoms with van der Waals surface area (Å²) in [5.74, 6) is -0.315. The number of hydrogen-bond donors (Lipinski definition) is 3. The van der Waals surface area contributed by atoms with Gasteiger partial charge in [0.1, 0.15) is 0 Å². The van der Waals surface area contributed by atoms with Gasteiger partial charge in [0.2, 0.25) is 5.91 Å². The van der Waals surface area contributed by atoms with Crippen molar-refractivity contribution in [2.45, 2.75) is 19.9 Å². The molecule has 6 nitrogen and oxygen atoms in total. The molecule has 15 heavy (non-hydrogen) atoms. The third-order valence-electron chi connectivity index (χ3n) is 2.21. The topological polar surface area (TPSA) is 87.5 Å². The highest BCUT2D eigenvalue weighted by Gasteiger charge is 2.20. The van der Waals surface area contributed by atoms with Crippen LogP contribution in [0, 0.1) is 0 Å². The Morgan fingerprint density at radius 1 is 1.47 bits per heavy atom. The normalized spacial score (nSPS) is 12.3. The van der Waals surface area contributed by atoms with E-state index in [0.29, 0.717) is 13.1 Å². The van der Waals surface area contributed by atoms with Gasteiger partial charge in [-0.3, -0.25) is 15.0 Å². The van der Waals surface area contributed by atoms with Crippen LogP contribution in [0.1, 0.15) is 13.8 Å². The van der Waals surface area contributed by atoms with Crippen molar-refractivity contribution in [3.8, 4) is 0 Å². The van der Waals surface area contributed by atoms with Gasteiger partial charge in [0.05, 0.1) is 6.04 Å². The summed E-state index contributed by atoms with van der Waals surface area (Å²) in [6.07, 6.45) is 0. The number of carbonyl (C=O) groups excluding carboxylic acids is 2. The van der Waals surface area contributed by atoms with Gasteiger partial charge in [-0.05, 0) is 13.5 Å². The molecule has 0 radical (unpaired) electrons. The molecule has 6 heteroatoms. The Hall–Kier alpha value is -1.14. The molecular weight excluding hydrogens is 196 g/mol. The number of nitrogens with zero attached hydrogens (tertiary/aromatic N) is 1. The second-order valence-electron chi connectivity index (χ2n) is 3.16. The number of hydrogen-bond acceptors (Lipinski definition) is 4. The molecule has 0 aliphatic carbocycles. The van der Waals surface area contributed by atoms with Crippen LogP contribution in [-0.4, -0.2) is 49.6 Å². The predicted octanol–water partition coefficient (Wildman–Crippen LogP) is -0.889. The second-order valence-corrected chi connectivity index (χ2v) is 3.16. The number of nitrogens with two attached hydrogens (primary N) is 1. The Labute approximate surface area is 90.2 Å². The van der Waals surface area contributed by atoms with Gasteiger partial charge >= 0.3 is 6.03 Å². The van der Waals surface area contributed by atoms with Crippen molar-refractivity contribution < 1.29 is 9.59 Å². The molecular formula is C9H20N4O2. The van der Waals surface area contributed by atoms with Gasteiger partial charge < -0.3 is 11.1 Å². The first-order valence-electron chi connectivity index (χ1n) is 5.03. The van der Waals surface area contributed by atoms with Crippen molar-refractivity contribution in [1.29, 1.82) is 0 Å². The highest BCUT2D eigenvalue weighted by molar-refractivity contribution is 5.96. The summed E-state index contributed by atoms with van der Waals surface area (Å²) in [6, 6.07) is -0.841. The van der Waals surface area contributed by atoms with Crippen molar-refractivity contribution in [2.75, 3.05) is 26.7 Å². The Morgan fingerprint density at radius 2 is 2.07 bits per heavy atom. The zero-order chi connectivity index (χ0) is 11.8. The van der Waals surface area contributed by atoms with Crippen LogP contribution >= 0.6 is 0 Å². The highest BCUT2D eigenvalue weighted by Crippen LogP contribution is 1.97. The molecule has 0 aromatic heterocycles. The molecule has 0 saturated carbocycles. The summed E-state index contributed by atoms with van der Waals surface area (Å²) in [5, 5.41) is 4.56. The van der Waals surface area contributed by atoms with Gasteiger partial charge in [0, 0.05) is 20.1 Å². The molecule has 1 atom stereocenters. The Morgan fingerprint density at radius 3 is 2.47 bits per heavy atom. The summed E-state index contributed by atoms with van der Waals surface area (Å²) in [4.78, 5) is 24.3. The van der Waals surface area contributed by atoms with Crippen LogP contribution in [0.3, 0.4) is 0 Å². The van der Waals surface area contributed by atoms with Crippen LogP contribution in [0.5, 0.6) is 0 Å². The van der Waals surface area contributed by atoms with Gasteiger partial charge in [0.25, 0.3) is 0 Å². The molecule has 0 spiro atoms. The van der Waals surface area contributed by atoms with Gasteiger partial charge in [-0.2, -0.15) is 0 Å². The van der Waals surface area contributed by atoms with Gasteiger partial charge in [-0.15, -0.1) is 0 Å². The van der Waals surface area contributed by atoms with Crippen molar-refractivity contribution in [1.82, 2.24) is 15.5 Å². The summed E-state index contributed by atoms with van der Waals surface area (Å²) in [7, 11) is 1.46. The van der Waals surface area contributed by atoms with Crippen molar-refractivity contribution in [2.24, 2.45) is 5.73 Å². The van der Waals surface area contributed by atoms with E-state index in [9.17, 15) is 9.59 Å². The maximum Gasteiger partial charge on any atom is 0.321 e. The highest BCUT2D eigenvalue weighted by atomic mass is 16.2. The second kappa shape index (κ2) is 7.19. The number of urea groups is 1. The fourth-order valence-corrected chi connectivity index (χ4v) is 1.24. The van der Waals surface area contributed by atoms with Crippen molar-refractivity contribution >= 4 is 11.9 Å². The standard InChI is InChI=1S/C9H20N4O2/c1-4-13(6-5-10)7(2)8(14)12-9(15)11-3/h7H,4-6,10H2,1-3H3,(H2,11,12,14,15). The quantitative estimate of drug-likeness (QED) is 0.556. The molecule has 0 aliphatic rings. The van der Waals surface area contributed by atoms with Gasteiger partial charge in [-0.25, -0.2) is 4.79 Å². The Balaban J connectivity index is 4.21. The molecule has 0 rings (SSSR count). The third kappa shape index (κ3) is 4.75. The van der Waals surface area contributed by atoms with Crippen LogP contribution in [0.15, 0.2) is 0 Å². The predicted molar refractivity (Wildman–Crippen MR) is 58.4 cm³/mol. The van der Waals surface area contributed by atoms with E-state index in [1.807, 2.05) is 11.8 Å². The monoisotopic (exact) mass is 216 g/mol. The van der Waals surface area contributed by atoms with E-state index in [1.54, 1.807) is 6.92 Å². The number of amides is 3. The van der Waals surface area contributed by atoms with E-state index < -0.39 is 6.03 Å². The first-order chi connectivity index (χ1) is 7.06. The van der Waals surface area contributed by atoms with E-state index in [0.717, 1.165) is 6.54 Å². The number of rotatable bonds is 5. The molecule has 0 bridgehead atoms. The van der Waals surface area contributed by atoms with Crippen molar-refractivity contribution in [3.05, 3.63) is 0 Å². The average Bonchev–Trinajstić information content (AvgIpc) is 2.24. The fourth-order valence-electron chi connectivity index (χ4n) is 1.24. The van der Waals surface area contributed by atoms with Crippen LogP contribution in [0.2, 0.25) is 0 Å². The molecule has 0 saturated heterocycles. The average molecular weight is 216 g/mol. The molecule has 0 aromatic rings. The minimum Gasteiger partial charge on any atom is -0.341 e.